The van der Waals surface area contributed by atoms with E-state index in [0.717, 1.165) is 6.42 Å². The van der Waals surface area contributed by atoms with Crippen LogP contribution in [-0.2, 0) is 0 Å². The van der Waals surface area contributed by atoms with Gasteiger partial charge in [0, 0.05) is 6.04 Å². The van der Waals surface area contributed by atoms with Gasteiger partial charge in [-0.1, -0.05) is 18.9 Å². The number of halogens is 3. The van der Waals surface area contributed by atoms with Crippen LogP contribution in [0.15, 0.2) is 12.7 Å². The van der Waals surface area contributed by atoms with Crippen molar-refractivity contribution in [1.29, 1.82) is 0 Å². The highest BCUT2D eigenvalue weighted by atomic mass is 19.4. The van der Waals surface area contributed by atoms with E-state index >= 15 is 0 Å². The number of nitrogens with one attached hydrogen (secondary N) is 1. The lowest BCUT2D eigenvalue weighted by Gasteiger charge is -2.37. The highest BCUT2D eigenvalue weighted by Gasteiger charge is 2.47. The Balaban J connectivity index is 2.75. The van der Waals surface area contributed by atoms with Crippen molar-refractivity contribution >= 4 is 0 Å². The zero-order valence-electron chi connectivity index (χ0n) is 9.26. The molecule has 3 unspecified atom stereocenters. The van der Waals surface area contributed by atoms with Crippen molar-refractivity contribution in [3.8, 4) is 0 Å². The van der Waals surface area contributed by atoms with E-state index in [9.17, 15) is 13.2 Å². The Morgan fingerprint density at radius 1 is 1.38 bits per heavy atom. The van der Waals surface area contributed by atoms with Crippen molar-refractivity contribution in [2.75, 3.05) is 0 Å². The lowest BCUT2D eigenvalue weighted by Crippen LogP contribution is -2.47. The molecule has 0 aromatic carbocycles. The van der Waals surface area contributed by atoms with E-state index in [1.807, 2.05) is 0 Å². The van der Waals surface area contributed by atoms with Gasteiger partial charge in [0.25, 0.3) is 0 Å². The fourth-order valence-electron chi connectivity index (χ4n) is 2.59. The van der Waals surface area contributed by atoms with E-state index in [1.165, 1.54) is 0 Å². The van der Waals surface area contributed by atoms with Gasteiger partial charge in [0.1, 0.15) is 0 Å². The second-order valence-electron chi connectivity index (χ2n) is 4.39. The summed E-state index contributed by atoms with van der Waals surface area (Å²) in [6.45, 7) is 3.55. The smallest absolute Gasteiger partial charge is 0.271 e. The summed E-state index contributed by atoms with van der Waals surface area (Å²) in [5.74, 6) is 3.69. The lowest BCUT2D eigenvalue weighted by atomic mass is 9.74. The van der Waals surface area contributed by atoms with Crippen LogP contribution < -0.4 is 11.3 Å². The predicted octanol–water partition coefficient (Wildman–Crippen LogP) is 2.76. The molecule has 0 aliphatic heterocycles. The first kappa shape index (κ1) is 13.5. The van der Waals surface area contributed by atoms with Crippen LogP contribution >= 0.6 is 0 Å². The molecule has 0 aromatic heterocycles. The van der Waals surface area contributed by atoms with Crippen LogP contribution in [0.2, 0.25) is 0 Å². The molecule has 1 aliphatic rings. The van der Waals surface area contributed by atoms with Gasteiger partial charge < -0.3 is 0 Å². The second-order valence-corrected chi connectivity index (χ2v) is 4.39. The normalized spacial score (nSPS) is 28.8. The molecule has 0 saturated heterocycles. The number of hydrogen-bond acceptors (Lipinski definition) is 2. The van der Waals surface area contributed by atoms with Crippen LogP contribution in [0.3, 0.4) is 0 Å². The molecule has 0 heterocycles. The summed E-state index contributed by atoms with van der Waals surface area (Å²) < 4.78 is 38.5. The molecule has 0 bridgehead atoms. The number of alkyl halides is 3. The van der Waals surface area contributed by atoms with Crippen LogP contribution in [0.25, 0.3) is 0 Å². The van der Waals surface area contributed by atoms with Crippen LogP contribution in [0.5, 0.6) is 0 Å². The van der Waals surface area contributed by atoms with E-state index in [4.69, 9.17) is 5.84 Å². The predicted molar refractivity (Wildman–Crippen MR) is 57.4 cm³/mol. The molecule has 0 amide bonds. The SMILES string of the molecule is C=CCC(NN)C1CCCCC1C(F)(F)F. The molecule has 1 saturated carbocycles. The largest absolute Gasteiger partial charge is 0.392 e. The molecule has 0 aromatic rings. The van der Waals surface area contributed by atoms with Gasteiger partial charge in [0.2, 0.25) is 0 Å². The first-order valence-corrected chi connectivity index (χ1v) is 5.64. The molecule has 1 fully saturated rings. The third kappa shape index (κ3) is 3.22. The van der Waals surface area contributed by atoms with Crippen molar-refractivity contribution in [1.82, 2.24) is 5.43 Å². The van der Waals surface area contributed by atoms with Crippen LogP contribution in [-0.4, -0.2) is 12.2 Å². The summed E-state index contributed by atoms with van der Waals surface area (Å²) in [4.78, 5) is 0. The summed E-state index contributed by atoms with van der Waals surface area (Å²) in [6.07, 6.45) is 0.316. The Labute approximate surface area is 94.0 Å². The Morgan fingerprint density at radius 2 is 2.00 bits per heavy atom. The Bertz CT molecular complexity index is 228. The third-order valence-corrected chi connectivity index (χ3v) is 3.39. The highest BCUT2D eigenvalue weighted by molar-refractivity contribution is 4.90. The van der Waals surface area contributed by atoms with Gasteiger partial charge in [-0.15, -0.1) is 6.58 Å². The van der Waals surface area contributed by atoms with Crippen LogP contribution in [0, 0.1) is 11.8 Å². The maximum atomic E-state index is 12.8. The van der Waals surface area contributed by atoms with Crippen LogP contribution in [0.4, 0.5) is 13.2 Å². The molecule has 3 atom stereocenters. The fraction of sp³-hybridized carbons (Fsp3) is 0.818. The topological polar surface area (TPSA) is 38.0 Å². The van der Waals surface area contributed by atoms with Gasteiger partial charge in [0.05, 0.1) is 5.92 Å². The molecule has 0 radical (unpaired) electrons. The van der Waals surface area contributed by atoms with Crippen molar-refractivity contribution in [3.63, 3.8) is 0 Å². The monoisotopic (exact) mass is 236 g/mol. The van der Waals surface area contributed by atoms with E-state index in [1.54, 1.807) is 6.08 Å². The second kappa shape index (κ2) is 5.68. The Kier molecular flexibility index (Phi) is 4.80. The quantitative estimate of drug-likeness (QED) is 0.447. The minimum absolute atomic E-state index is 0.226. The maximum absolute atomic E-state index is 12.8. The van der Waals surface area contributed by atoms with Gasteiger partial charge in [-0.3, -0.25) is 11.3 Å². The average molecular weight is 236 g/mol. The van der Waals surface area contributed by atoms with E-state index in [2.05, 4.69) is 12.0 Å². The number of rotatable bonds is 4. The molecule has 5 heteroatoms. The summed E-state index contributed by atoms with van der Waals surface area (Å²) >= 11 is 0. The fourth-order valence-corrected chi connectivity index (χ4v) is 2.59. The number of nitrogens with two attached hydrogens (primary N) is 1. The first-order valence-electron chi connectivity index (χ1n) is 5.64. The van der Waals surface area contributed by atoms with Gasteiger partial charge in [-0.05, 0) is 25.2 Å². The van der Waals surface area contributed by atoms with Gasteiger partial charge >= 0.3 is 6.18 Å². The molecular weight excluding hydrogens is 217 g/mol. The van der Waals surface area contributed by atoms with Gasteiger partial charge in [-0.2, -0.15) is 13.2 Å². The third-order valence-electron chi connectivity index (χ3n) is 3.39. The van der Waals surface area contributed by atoms with E-state index < -0.39 is 18.0 Å². The summed E-state index contributed by atoms with van der Waals surface area (Å²) in [7, 11) is 0. The Hall–Kier alpha value is -0.550. The molecule has 3 N–H and O–H groups in total. The zero-order chi connectivity index (χ0) is 12.2. The van der Waals surface area contributed by atoms with Crippen molar-refractivity contribution < 1.29 is 13.2 Å². The zero-order valence-corrected chi connectivity index (χ0v) is 9.26. The number of hydrazine groups is 1. The molecule has 16 heavy (non-hydrogen) atoms. The van der Waals surface area contributed by atoms with Crippen molar-refractivity contribution in [3.05, 3.63) is 12.7 Å². The van der Waals surface area contributed by atoms with E-state index in [-0.39, 0.29) is 12.5 Å². The molecule has 1 aliphatic carbocycles. The minimum Gasteiger partial charge on any atom is -0.271 e. The minimum atomic E-state index is -4.11. The lowest BCUT2D eigenvalue weighted by molar-refractivity contribution is -0.199. The molecule has 94 valence electrons. The Morgan fingerprint density at radius 3 is 2.50 bits per heavy atom. The highest BCUT2D eigenvalue weighted by Crippen LogP contribution is 2.43. The van der Waals surface area contributed by atoms with Crippen LogP contribution in [0.1, 0.15) is 32.1 Å². The van der Waals surface area contributed by atoms with Gasteiger partial charge in [-0.25, -0.2) is 0 Å². The molecular formula is C11H19F3N2. The summed E-state index contributed by atoms with van der Waals surface area (Å²) in [6, 6.07) is -0.315. The van der Waals surface area contributed by atoms with Crippen molar-refractivity contribution in [2.45, 2.75) is 44.3 Å². The molecule has 0 spiro atoms. The first-order chi connectivity index (χ1) is 7.50. The molecule has 2 nitrogen and oxygen atoms in total. The van der Waals surface area contributed by atoms with Crippen molar-refractivity contribution in [2.24, 2.45) is 17.7 Å². The maximum Gasteiger partial charge on any atom is 0.392 e. The number of hydrogen-bond donors (Lipinski definition) is 2. The average Bonchev–Trinajstić information content (AvgIpc) is 2.25. The molecule has 1 rings (SSSR count). The summed E-state index contributed by atoms with van der Waals surface area (Å²) in [5.41, 5.74) is 2.50. The van der Waals surface area contributed by atoms with Gasteiger partial charge in [0.15, 0.2) is 0 Å². The summed E-state index contributed by atoms with van der Waals surface area (Å²) in [5, 5.41) is 0. The van der Waals surface area contributed by atoms with E-state index in [0.29, 0.717) is 19.3 Å². The standard InChI is InChI=1S/C11H19F3N2/c1-2-5-10(16-15)8-6-3-4-7-9(8)11(12,13)14/h2,8-10,16H,1,3-7,15H2.